The highest BCUT2D eigenvalue weighted by atomic mass is 19.2. The zero-order valence-corrected chi connectivity index (χ0v) is 10.2. The van der Waals surface area contributed by atoms with Crippen LogP contribution in [0.1, 0.15) is 25.8 Å². The van der Waals surface area contributed by atoms with Crippen LogP contribution in [0.2, 0.25) is 0 Å². The lowest BCUT2D eigenvalue weighted by Gasteiger charge is -2.10. The van der Waals surface area contributed by atoms with Crippen LogP contribution in [-0.2, 0) is 16.1 Å². The van der Waals surface area contributed by atoms with E-state index in [1.54, 1.807) is 13.8 Å². The first kappa shape index (κ1) is 15.4. The Morgan fingerprint density at radius 1 is 0.947 bits per heavy atom. The number of halogens is 5. The second-order valence-corrected chi connectivity index (χ2v) is 4.31. The Hall–Kier alpha value is -1.66. The molecular weight excluding hydrogens is 271 g/mol. The summed E-state index contributed by atoms with van der Waals surface area (Å²) in [5.41, 5.74) is -1.16. The Morgan fingerprint density at radius 3 is 1.79 bits per heavy atom. The summed E-state index contributed by atoms with van der Waals surface area (Å²) in [6.45, 7) is 2.41. The molecule has 1 rings (SSSR count). The topological polar surface area (TPSA) is 26.3 Å². The number of ether oxygens (including phenoxy) is 1. The van der Waals surface area contributed by atoms with Gasteiger partial charge in [-0.3, -0.25) is 4.79 Å². The summed E-state index contributed by atoms with van der Waals surface area (Å²) in [5, 5.41) is 0. The van der Waals surface area contributed by atoms with Gasteiger partial charge in [0.15, 0.2) is 23.3 Å². The largest absolute Gasteiger partial charge is 0.461 e. The van der Waals surface area contributed by atoms with Gasteiger partial charge in [-0.05, 0) is 5.92 Å². The molecule has 0 aromatic heterocycles. The second-order valence-electron chi connectivity index (χ2n) is 4.31. The van der Waals surface area contributed by atoms with Crippen LogP contribution >= 0.6 is 0 Å². The smallest absolute Gasteiger partial charge is 0.306 e. The van der Waals surface area contributed by atoms with E-state index in [9.17, 15) is 26.7 Å². The molecule has 0 heterocycles. The van der Waals surface area contributed by atoms with Crippen LogP contribution in [0.3, 0.4) is 0 Å². The number of carbonyl (C=O) groups excluding carboxylic acids is 1. The number of esters is 1. The molecule has 2 nitrogen and oxygen atoms in total. The molecule has 0 aliphatic carbocycles. The lowest BCUT2D eigenvalue weighted by atomic mass is 10.1. The summed E-state index contributed by atoms with van der Waals surface area (Å²) >= 11 is 0. The van der Waals surface area contributed by atoms with Crippen LogP contribution in [0.15, 0.2) is 0 Å². The molecule has 0 aliphatic heterocycles. The maximum atomic E-state index is 13.2. The van der Waals surface area contributed by atoms with E-state index < -0.39 is 47.2 Å². The fourth-order valence-corrected chi connectivity index (χ4v) is 1.32. The van der Waals surface area contributed by atoms with Crippen molar-refractivity contribution in [3.63, 3.8) is 0 Å². The van der Waals surface area contributed by atoms with Crippen molar-refractivity contribution in [1.29, 1.82) is 0 Å². The Kier molecular flexibility index (Phi) is 4.85. The molecule has 7 heteroatoms. The van der Waals surface area contributed by atoms with Crippen molar-refractivity contribution in [3.05, 3.63) is 34.6 Å². The number of benzene rings is 1. The SMILES string of the molecule is CC(C)CC(=O)OCc1c(F)c(F)c(F)c(F)c1F. The first-order valence-corrected chi connectivity index (χ1v) is 5.41. The molecule has 0 aliphatic rings. The number of hydrogen-bond acceptors (Lipinski definition) is 2. The van der Waals surface area contributed by atoms with Crippen molar-refractivity contribution < 1.29 is 31.5 Å². The minimum atomic E-state index is -2.24. The van der Waals surface area contributed by atoms with Gasteiger partial charge in [-0.2, -0.15) is 0 Å². The van der Waals surface area contributed by atoms with Crippen LogP contribution in [0.4, 0.5) is 22.0 Å². The second kappa shape index (κ2) is 5.99. The first-order valence-electron chi connectivity index (χ1n) is 5.41. The standard InChI is InChI=1S/C12H11F5O2/c1-5(2)3-7(18)19-4-6-8(13)10(15)12(17)11(16)9(6)14/h5H,3-4H2,1-2H3. The maximum absolute atomic E-state index is 13.2. The molecule has 0 amide bonds. The van der Waals surface area contributed by atoms with Gasteiger partial charge in [-0.1, -0.05) is 13.8 Å². The van der Waals surface area contributed by atoms with Crippen molar-refractivity contribution >= 4 is 5.97 Å². The normalized spacial score (nSPS) is 10.9. The van der Waals surface area contributed by atoms with Crippen molar-refractivity contribution in [1.82, 2.24) is 0 Å². The van der Waals surface area contributed by atoms with Crippen molar-refractivity contribution in [2.45, 2.75) is 26.9 Å². The molecule has 19 heavy (non-hydrogen) atoms. The molecule has 0 unspecified atom stereocenters. The number of rotatable bonds is 4. The predicted molar refractivity (Wildman–Crippen MR) is 55.5 cm³/mol. The molecule has 1 aromatic rings. The molecular formula is C12H11F5O2. The van der Waals surface area contributed by atoms with Crippen molar-refractivity contribution in [3.8, 4) is 0 Å². The third-order valence-corrected chi connectivity index (χ3v) is 2.25. The molecule has 0 N–H and O–H groups in total. The van der Waals surface area contributed by atoms with E-state index in [2.05, 4.69) is 4.74 Å². The Balaban J connectivity index is 2.94. The minimum absolute atomic E-state index is 0.0185. The predicted octanol–water partition coefficient (Wildman–Crippen LogP) is 3.47. The van der Waals surface area contributed by atoms with Crippen LogP contribution in [0.25, 0.3) is 0 Å². The van der Waals surface area contributed by atoms with E-state index >= 15 is 0 Å². The van der Waals surface area contributed by atoms with E-state index in [1.165, 1.54) is 0 Å². The van der Waals surface area contributed by atoms with Gasteiger partial charge in [0.2, 0.25) is 5.82 Å². The minimum Gasteiger partial charge on any atom is -0.461 e. The Labute approximate surface area is 106 Å². The van der Waals surface area contributed by atoms with Crippen LogP contribution in [0.5, 0.6) is 0 Å². The average Bonchev–Trinajstić information content (AvgIpc) is 2.33. The summed E-state index contributed by atoms with van der Waals surface area (Å²) in [7, 11) is 0. The maximum Gasteiger partial charge on any atom is 0.306 e. The van der Waals surface area contributed by atoms with Gasteiger partial charge in [0, 0.05) is 6.42 Å². The fraction of sp³-hybridized carbons (Fsp3) is 0.417. The average molecular weight is 282 g/mol. The van der Waals surface area contributed by atoms with Crippen LogP contribution < -0.4 is 0 Å². The monoisotopic (exact) mass is 282 g/mol. The molecule has 106 valence electrons. The molecule has 1 aromatic carbocycles. The first-order chi connectivity index (χ1) is 8.75. The lowest BCUT2D eigenvalue weighted by Crippen LogP contribution is -2.12. The van der Waals surface area contributed by atoms with E-state index in [4.69, 9.17) is 0 Å². The third-order valence-electron chi connectivity index (χ3n) is 2.25. The molecule has 0 saturated carbocycles. The quantitative estimate of drug-likeness (QED) is 0.366. The van der Waals surface area contributed by atoms with Crippen LogP contribution in [0, 0.1) is 35.0 Å². The molecule has 0 spiro atoms. The van der Waals surface area contributed by atoms with Gasteiger partial charge in [0.05, 0.1) is 5.56 Å². The fourth-order valence-electron chi connectivity index (χ4n) is 1.32. The van der Waals surface area contributed by atoms with Gasteiger partial charge in [-0.15, -0.1) is 0 Å². The van der Waals surface area contributed by atoms with Crippen molar-refractivity contribution in [2.24, 2.45) is 5.92 Å². The summed E-state index contributed by atoms with van der Waals surface area (Å²) < 4.78 is 69.3. The van der Waals surface area contributed by atoms with Gasteiger partial charge in [0.25, 0.3) is 0 Å². The van der Waals surface area contributed by atoms with Gasteiger partial charge in [-0.25, -0.2) is 22.0 Å². The Bertz CT molecular complexity index is 470. The molecule has 0 radical (unpaired) electrons. The highest BCUT2D eigenvalue weighted by Crippen LogP contribution is 2.23. The molecule has 0 fully saturated rings. The van der Waals surface area contributed by atoms with Gasteiger partial charge < -0.3 is 4.74 Å². The summed E-state index contributed by atoms with van der Waals surface area (Å²) in [5.74, 6) is -11.2. The number of carbonyl (C=O) groups is 1. The molecule has 0 saturated heterocycles. The van der Waals surface area contributed by atoms with E-state index in [1.807, 2.05) is 0 Å². The highest BCUT2D eigenvalue weighted by Gasteiger charge is 2.26. The molecule has 0 bridgehead atoms. The van der Waals surface area contributed by atoms with E-state index in [0.717, 1.165) is 0 Å². The lowest BCUT2D eigenvalue weighted by molar-refractivity contribution is -0.145. The Morgan fingerprint density at radius 2 is 1.37 bits per heavy atom. The highest BCUT2D eigenvalue weighted by molar-refractivity contribution is 5.69. The third kappa shape index (κ3) is 3.42. The van der Waals surface area contributed by atoms with E-state index in [-0.39, 0.29) is 12.3 Å². The van der Waals surface area contributed by atoms with Crippen molar-refractivity contribution in [2.75, 3.05) is 0 Å². The summed E-state index contributed by atoms with van der Waals surface area (Å²) in [4.78, 5) is 11.2. The van der Waals surface area contributed by atoms with Gasteiger partial charge in [0.1, 0.15) is 6.61 Å². The van der Waals surface area contributed by atoms with Gasteiger partial charge >= 0.3 is 5.97 Å². The number of hydrogen-bond donors (Lipinski definition) is 0. The zero-order valence-electron chi connectivity index (χ0n) is 10.2. The van der Waals surface area contributed by atoms with Crippen LogP contribution in [-0.4, -0.2) is 5.97 Å². The van der Waals surface area contributed by atoms with E-state index in [0.29, 0.717) is 0 Å². The zero-order chi connectivity index (χ0) is 14.7. The molecule has 0 atom stereocenters. The summed E-state index contributed by atoms with van der Waals surface area (Å²) in [6, 6.07) is 0. The summed E-state index contributed by atoms with van der Waals surface area (Å²) in [6.07, 6.45) is -0.0185.